The number of nitrogens with zero attached hydrogens (tertiary/aromatic N) is 2. The minimum atomic E-state index is 0.623. The second kappa shape index (κ2) is 4.03. The molecule has 0 amide bonds. The highest BCUT2D eigenvalue weighted by Gasteiger charge is 2.07. The van der Waals surface area contributed by atoms with E-state index in [4.69, 9.17) is 0 Å². The Labute approximate surface area is 113 Å². The first-order valence-electron chi connectivity index (χ1n) is 6.22. The molecule has 2 aromatic carbocycles. The van der Waals surface area contributed by atoms with Crippen LogP contribution in [0.2, 0.25) is 0 Å². The molecule has 5 nitrogen and oxygen atoms in total. The van der Waals surface area contributed by atoms with Gasteiger partial charge in [0.1, 0.15) is 12.1 Å². The summed E-state index contributed by atoms with van der Waals surface area (Å²) in [7, 11) is 0. The molecule has 0 aliphatic carbocycles. The summed E-state index contributed by atoms with van der Waals surface area (Å²) >= 11 is 0. The second-order valence-corrected chi connectivity index (χ2v) is 4.61. The van der Waals surface area contributed by atoms with Crippen molar-refractivity contribution in [3.63, 3.8) is 0 Å². The second-order valence-electron chi connectivity index (χ2n) is 4.61. The zero-order valence-corrected chi connectivity index (χ0v) is 10.4. The number of hydrogen-bond acceptors (Lipinski definition) is 3. The molecule has 0 bridgehead atoms. The average Bonchev–Trinajstić information content (AvgIpc) is 3.11. The Morgan fingerprint density at radius 2 is 1.90 bits per heavy atom. The molecule has 2 aromatic heterocycles. The Hall–Kier alpha value is -2.95. The van der Waals surface area contributed by atoms with Gasteiger partial charge in [0.15, 0.2) is 0 Å². The molecule has 0 saturated carbocycles. The number of fused-ring (bicyclic) bond motifs is 2. The van der Waals surface area contributed by atoms with E-state index in [0.717, 1.165) is 39.7 Å². The van der Waals surface area contributed by atoms with Gasteiger partial charge in [-0.3, -0.25) is 4.79 Å². The standard InChI is InChI=1S/C15H10N4O/c20-7-9-1-3-12-14(5-9)19-15(18-12)10-2-4-11-13(6-10)17-8-16-11/h1-8H,(H,16,17)(H,18,19). The Morgan fingerprint density at radius 1 is 1.00 bits per heavy atom. The molecule has 0 spiro atoms. The average molecular weight is 262 g/mol. The van der Waals surface area contributed by atoms with Crippen molar-refractivity contribution in [2.24, 2.45) is 0 Å². The fourth-order valence-electron chi connectivity index (χ4n) is 2.31. The van der Waals surface area contributed by atoms with E-state index in [9.17, 15) is 4.79 Å². The zero-order valence-electron chi connectivity index (χ0n) is 10.4. The lowest BCUT2D eigenvalue weighted by Crippen LogP contribution is -1.80. The van der Waals surface area contributed by atoms with Gasteiger partial charge in [0.2, 0.25) is 0 Å². The summed E-state index contributed by atoms with van der Waals surface area (Å²) < 4.78 is 0. The van der Waals surface area contributed by atoms with Gasteiger partial charge >= 0.3 is 0 Å². The molecule has 0 saturated heterocycles. The van der Waals surface area contributed by atoms with Gasteiger partial charge in [-0.05, 0) is 36.4 Å². The molecule has 0 fully saturated rings. The topological polar surface area (TPSA) is 74.4 Å². The number of carbonyl (C=O) groups is 1. The van der Waals surface area contributed by atoms with Crippen molar-refractivity contribution >= 4 is 28.4 Å². The molecule has 2 heterocycles. The number of aromatic nitrogens is 4. The molecule has 20 heavy (non-hydrogen) atoms. The van der Waals surface area contributed by atoms with Crippen LogP contribution in [0.4, 0.5) is 0 Å². The normalized spacial score (nSPS) is 11.2. The van der Waals surface area contributed by atoms with E-state index < -0.39 is 0 Å². The Bertz CT molecular complexity index is 935. The fourth-order valence-corrected chi connectivity index (χ4v) is 2.31. The van der Waals surface area contributed by atoms with Gasteiger partial charge in [-0.1, -0.05) is 0 Å². The largest absolute Gasteiger partial charge is 0.345 e. The first kappa shape index (κ1) is 10.9. The number of H-pyrrole nitrogens is 2. The maximum atomic E-state index is 10.8. The minimum Gasteiger partial charge on any atom is -0.345 e. The third-order valence-electron chi connectivity index (χ3n) is 3.34. The number of aldehydes is 1. The fraction of sp³-hybridized carbons (Fsp3) is 0. The first-order valence-corrected chi connectivity index (χ1v) is 6.22. The molecule has 5 heteroatoms. The number of aromatic amines is 2. The van der Waals surface area contributed by atoms with Crippen LogP contribution in [-0.2, 0) is 0 Å². The summed E-state index contributed by atoms with van der Waals surface area (Å²) in [5.41, 5.74) is 5.18. The van der Waals surface area contributed by atoms with E-state index in [1.54, 1.807) is 18.5 Å². The van der Waals surface area contributed by atoms with Crippen LogP contribution in [0, 0.1) is 0 Å². The van der Waals surface area contributed by atoms with Crippen molar-refractivity contribution in [1.29, 1.82) is 0 Å². The molecular weight excluding hydrogens is 252 g/mol. The van der Waals surface area contributed by atoms with E-state index in [1.807, 2.05) is 24.3 Å². The molecule has 2 N–H and O–H groups in total. The molecule has 4 rings (SSSR count). The molecule has 0 radical (unpaired) electrons. The smallest absolute Gasteiger partial charge is 0.150 e. The van der Waals surface area contributed by atoms with Crippen LogP contribution in [0.15, 0.2) is 42.7 Å². The Balaban J connectivity index is 1.89. The highest BCUT2D eigenvalue weighted by atomic mass is 16.1. The van der Waals surface area contributed by atoms with E-state index in [-0.39, 0.29) is 0 Å². The molecule has 0 aliphatic rings. The quantitative estimate of drug-likeness (QED) is 0.545. The van der Waals surface area contributed by atoms with Gasteiger partial charge in [0.25, 0.3) is 0 Å². The molecule has 96 valence electrons. The third-order valence-corrected chi connectivity index (χ3v) is 3.34. The van der Waals surface area contributed by atoms with Gasteiger partial charge < -0.3 is 9.97 Å². The van der Waals surface area contributed by atoms with Crippen LogP contribution in [-0.4, -0.2) is 26.2 Å². The number of hydrogen-bond donors (Lipinski definition) is 2. The van der Waals surface area contributed by atoms with Crippen LogP contribution >= 0.6 is 0 Å². The number of imidazole rings is 2. The van der Waals surface area contributed by atoms with E-state index >= 15 is 0 Å². The number of carbonyl (C=O) groups excluding carboxylic acids is 1. The number of nitrogens with one attached hydrogen (secondary N) is 2. The monoisotopic (exact) mass is 262 g/mol. The Morgan fingerprint density at radius 3 is 2.80 bits per heavy atom. The summed E-state index contributed by atoms with van der Waals surface area (Å²) in [5.74, 6) is 0.771. The zero-order chi connectivity index (χ0) is 13.5. The van der Waals surface area contributed by atoms with Gasteiger partial charge in [0, 0.05) is 11.1 Å². The van der Waals surface area contributed by atoms with Crippen molar-refractivity contribution in [2.45, 2.75) is 0 Å². The van der Waals surface area contributed by atoms with Crippen molar-refractivity contribution in [3.05, 3.63) is 48.3 Å². The van der Waals surface area contributed by atoms with Crippen LogP contribution in [0.5, 0.6) is 0 Å². The highest BCUT2D eigenvalue weighted by Crippen LogP contribution is 2.23. The minimum absolute atomic E-state index is 0.623. The third kappa shape index (κ3) is 1.60. The van der Waals surface area contributed by atoms with Gasteiger partial charge in [-0.25, -0.2) is 9.97 Å². The van der Waals surface area contributed by atoms with Crippen LogP contribution in [0.3, 0.4) is 0 Å². The van der Waals surface area contributed by atoms with Crippen molar-refractivity contribution in [3.8, 4) is 11.4 Å². The molecule has 4 aromatic rings. The van der Waals surface area contributed by atoms with E-state index in [0.29, 0.717) is 5.56 Å². The SMILES string of the molecule is O=Cc1ccc2[nH]c(-c3ccc4[nH]cnc4c3)nc2c1. The predicted octanol–water partition coefficient (Wildman–Crippen LogP) is 2.92. The molecule has 0 aliphatic heterocycles. The number of benzene rings is 2. The predicted molar refractivity (Wildman–Crippen MR) is 76.6 cm³/mol. The summed E-state index contributed by atoms with van der Waals surface area (Å²) in [4.78, 5) is 25.9. The number of rotatable bonds is 2. The van der Waals surface area contributed by atoms with Crippen LogP contribution < -0.4 is 0 Å². The van der Waals surface area contributed by atoms with E-state index in [2.05, 4.69) is 19.9 Å². The summed E-state index contributed by atoms with van der Waals surface area (Å²) in [6.45, 7) is 0. The van der Waals surface area contributed by atoms with Crippen molar-refractivity contribution in [2.75, 3.05) is 0 Å². The lowest BCUT2D eigenvalue weighted by molar-refractivity contribution is 0.112. The lowest BCUT2D eigenvalue weighted by atomic mass is 10.2. The molecule has 0 atom stereocenters. The van der Waals surface area contributed by atoms with Gasteiger partial charge in [0.05, 0.1) is 28.4 Å². The summed E-state index contributed by atoms with van der Waals surface area (Å²) in [5, 5.41) is 0. The Kier molecular flexibility index (Phi) is 2.20. The van der Waals surface area contributed by atoms with Crippen molar-refractivity contribution < 1.29 is 4.79 Å². The van der Waals surface area contributed by atoms with Gasteiger partial charge in [-0.2, -0.15) is 0 Å². The van der Waals surface area contributed by atoms with Crippen molar-refractivity contribution in [1.82, 2.24) is 19.9 Å². The summed E-state index contributed by atoms with van der Waals surface area (Å²) in [6.07, 6.45) is 2.49. The van der Waals surface area contributed by atoms with E-state index in [1.165, 1.54) is 0 Å². The highest BCUT2D eigenvalue weighted by molar-refractivity contribution is 5.87. The maximum Gasteiger partial charge on any atom is 0.150 e. The van der Waals surface area contributed by atoms with Crippen LogP contribution in [0.1, 0.15) is 10.4 Å². The molecular formula is C15H10N4O. The molecule has 0 unspecified atom stereocenters. The lowest BCUT2D eigenvalue weighted by Gasteiger charge is -1.95. The maximum absolute atomic E-state index is 10.8. The van der Waals surface area contributed by atoms with Crippen LogP contribution in [0.25, 0.3) is 33.5 Å². The summed E-state index contributed by atoms with van der Waals surface area (Å²) in [6, 6.07) is 11.3. The first-order chi connectivity index (χ1) is 9.83. The van der Waals surface area contributed by atoms with Gasteiger partial charge in [-0.15, -0.1) is 0 Å².